The van der Waals surface area contributed by atoms with Crippen LogP contribution in [0.5, 0.6) is 5.75 Å². The van der Waals surface area contributed by atoms with Gasteiger partial charge >= 0.3 is 0 Å². The lowest BCUT2D eigenvalue weighted by Crippen LogP contribution is -2.68. The number of fused-ring (bicyclic) bond motifs is 3. The Morgan fingerprint density at radius 1 is 1.02 bits per heavy atom. The number of carbonyl (C=O) groups excluding carboxylic acids is 3. The van der Waals surface area contributed by atoms with E-state index in [1.165, 1.54) is 43.1 Å². The van der Waals surface area contributed by atoms with Crippen LogP contribution in [0, 0.1) is 11.8 Å². The number of phenols is 1. The molecule has 0 fully saturated rings. The highest BCUT2D eigenvalue weighted by Crippen LogP contribution is 2.56. The molecule has 8 N–H and O–H groups in total. The molecule has 252 valence electrons. The van der Waals surface area contributed by atoms with Gasteiger partial charge in [0.1, 0.15) is 11.5 Å². The summed E-state index contributed by atoms with van der Waals surface area (Å²) in [5.74, 6) is -7.65. The van der Waals surface area contributed by atoms with E-state index in [0.717, 1.165) is 19.3 Å². The number of amides is 1. The predicted octanol–water partition coefficient (Wildman–Crippen LogP) is 4.50. The summed E-state index contributed by atoms with van der Waals surface area (Å²) in [7, 11) is 3.12. The number of anilines is 1. The first kappa shape index (κ1) is 35.2. The predicted molar refractivity (Wildman–Crippen MR) is 174 cm³/mol. The van der Waals surface area contributed by atoms with Gasteiger partial charge in [0.15, 0.2) is 17.1 Å². The Kier molecular flexibility index (Phi) is 10.7. The number of rotatable bonds is 13. The number of aliphatic hydroxyl groups excluding tert-OH is 3. The number of benzene rings is 1. The second-order valence-corrected chi connectivity index (χ2v) is 13.3. The average molecular weight is 640 g/mol. The number of phenolic OH excluding ortho intramolecular Hbond substituents is 1. The van der Waals surface area contributed by atoms with Gasteiger partial charge in [-0.2, -0.15) is 0 Å². The number of unbranched alkanes of at least 4 members (excludes halogenated alkanes) is 8. The Morgan fingerprint density at radius 3 is 2.17 bits per heavy atom. The summed E-state index contributed by atoms with van der Waals surface area (Å²) in [6.45, 7) is 7.41. The normalized spacial score (nSPS) is 27.4. The van der Waals surface area contributed by atoms with Crippen molar-refractivity contribution in [1.82, 2.24) is 4.90 Å². The zero-order valence-corrected chi connectivity index (χ0v) is 27.3. The molecule has 0 spiro atoms. The maximum atomic E-state index is 14.0. The zero-order chi connectivity index (χ0) is 34.1. The lowest BCUT2D eigenvalue weighted by Gasteiger charge is -2.53. The van der Waals surface area contributed by atoms with Crippen molar-refractivity contribution < 1.29 is 39.9 Å². The smallest absolute Gasteiger partial charge is 0.224 e. The average Bonchev–Trinajstić information content (AvgIpc) is 2.99. The Bertz CT molecular complexity index is 1460. The van der Waals surface area contributed by atoms with E-state index in [2.05, 4.69) is 18.8 Å². The number of likely N-dealkylation sites (N-methyl/N-ethyl adjacent to an activating group) is 1. The monoisotopic (exact) mass is 639 g/mol. The summed E-state index contributed by atoms with van der Waals surface area (Å²) in [6, 6.07) is 1.90. The van der Waals surface area contributed by atoms with E-state index in [4.69, 9.17) is 5.73 Å². The minimum atomic E-state index is -2.83. The SMILES string of the molecule is C=C(N)C1=C(O)[C@@H](N(C)C)C2[C@@H](O)C3C(=C(O)[C@]2(O)C1=O)C(=O)c1c(ccc(NC(=O)CCCCCCCCCCC)c1O)[C@@H]3C. The third kappa shape index (κ3) is 5.96. The second kappa shape index (κ2) is 14.0. The van der Waals surface area contributed by atoms with Crippen LogP contribution in [-0.4, -0.2) is 79.7 Å². The van der Waals surface area contributed by atoms with Gasteiger partial charge in [-0.25, -0.2) is 0 Å². The van der Waals surface area contributed by atoms with E-state index in [1.54, 1.807) is 27.1 Å². The largest absolute Gasteiger partial charge is 0.510 e. The number of nitrogens with zero attached hydrogens (tertiary/aromatic N) is 1. The molecule has 0 saturated carbocycles. The van der Waals surface area contributed by atoms with E-state index >= 15 is 0 Å². The molecule has 11 heteroatoms. The van der Waals surface area contributed by atoms with E-state index in [1.807, 2.05) is 0 Å². The second-order valence-electron chi connectivity index (χ2n) is 13.3. The van der Waals surface area contributed by atoms with Crippen LogP contribution < -0.4 is 11.1 Å². The minimum absolute atomic E-state index is 0.0164. The number of carbonyl (C=O) groups is 3. The van der Waals surface area contributed by atoms with Crippen molar-refractivity contribution >= 4 is 23.2 Å². The lowest BCUT2D eigenvalue weighted by molar-refractivity contribution is -0.161. The first-order chi connectivity index (χ1) is 21.7. The lowest BCUT2D eigenvalue weighted by atomic mass is 9.55. The fourth-order valence-electron chi connectivity index (χ4n) is 7.60. The molecule has 3 aliphatic rings. The van der Waals surface area contributed by atoms with E-state index in [9.17, 15) is 39.9 Å². The highest BCUT2D eigenvalue weighted by Gasteiger charge is 2.66. The first-order valence-electron chi connectivity index (χ1n) is 16.3. The Hall–Kier alpha value is -3.67. The molecule has 0 aromatic heterocycles. The third-order valence-corrected chi connectivity index (χ3v) is 9.99. The molecular weight excluding hydrogens is 590 g/mol. The number of hydrogen-bond donors (Lipinski definition) is 7. The topological polar surface area (TPSA) is 194 Å². The molecule has 1 aromatic carbocycles. The number of nitrogens with one attached hydrogen (secondary N) is 1. The fourth-order valence-corrected chi connectivity index (χ4v) is 7.60. The summed E-state index contributed by atoms with van der Waals surface area (Å²) < 4.78 is 0. The summed E-state index contributed by atoms with van der Waals surface area (Å²) in [6.07, 6.45) is 8.58. The molecule has 0 saturated heterocycles. The number of nitrogens with two attached hydrogens (primary N) is 1. The first-order valence-corrected chi connectivity index (χ1v) is 16.3. The van der Waals surface area contributed by atoms with Crippen LogP contribution in [0.25, 0.3) is 0 Å². The van der Waals surface area contributed by atoms with Gasteiger partial charge in [0, 0.05) is 23.6 Å². The van der Waals surface area contributed by atoms with Crippen molar-refractivity contribution in [2.24, 2.45) is 17.6 Å². The fraction of sp³-hybridized carbons (Fsp3) is 0.571. The Morgan fingerprint density at radius 2 is 1.61 bits per heavy atom. The third-order valence-electron chi connectivity index (χ3n) is 9.99. The van der Waals surface area contributed by atoms with Gasteiger partial charge in [0.2, 0.25) is 11.7 Å². The standard InChI is InChI=1S/C35H49N3O8/c1-6-7-8-9-10-11-12-13-14-15-22(39)37-21-17-16-20-18(2)23-26(30(41)25(20)29(21)40)34(45)35(46)27(31(23)42)28(38(4)5)32(43)24(19(3)36)33(35)44/h16-18,23,27-28,31,40,42-43,45-46H,3,6-15,36H2,1-2,4-5H3,(H,37,39)/t18-,23?,27?,28-,31-,35+/m0/s1. The van der Waals surface area contributed by atoms with Gasteiger partial charge < -0.3 is 36.6 Å². The maximum Gasteiger partial charge on any atom is 0.224 e. The molecule has 11 nitrogen and oxygen atoms in total. The van der Waals surface area contributed by atoms with Gasteiger partial charge in [0.05, 0.1) is 34.9 Å². The molecule has 6 atom stereocenters. The van der Waals surface area contributed by atoms with Gasteiger partial charge in [0.25, 0.3) is 0 Å². The van der Waals surface area contributed by atoms with Crippen molar-refractivity contribution in [2.45, 2.75) is 102 Å². The van der Waals surface area contributed by atoms with Crippen molar-refractivity contribution in [3.63, 3.8) is 0 Å². The quantitative estimate of drug-likeness (QED) is 0.119. The number of Topliss-reactive ketones (excluding diaryl/α,β-unsaturated/α-hetero) is 2. The number of hydrogen-bond acceptors (Lipinski definition) is 10. The summed E-state index contributed by atoms with van der Waals surface area (Å²) in [5.41, 5.74) is 1.88. The number of allylic oxidation sites excluding steroid dienone is 1. The maximum absolute atomic E-state index is 14.0. The Labute approximate surface area is 270 Å². The van der Waals surface area contributed by atoms with Crippen LogP contribution in [0.2, 0.25) is 0 Å². The van der Waals surface area contributed by atoms with Crippen molar-refractivity contribution in [3.05, 3.63) is 58.2 Å². The van der Waals surface area contributed by atoms with Crippen LogP contribution in [0.3, 0.4) is 0 Å². The molecular formula is C35H49N3O8. The zero-order valence-electron chi connectivity index (χ0n) is 27.3. The van der Waals surface area contributed by atoms with E-state index in [0.29, 0.717) is 12.0 Å². The Balaban J connectivity index is 1.61. The summed E-state index contributed by atoms with van der Waals surface area (Å²) >= 11 is 0. The van der Waals surface area contributed by atoms with Gasteiger partial charge in [-0.15, -0.1) is 0 Å². The molecule has 0 radical (unpaired) electrons. The summed E-state index contributed by atoms with van der Waals surface area (Å²) in [4.78, 5) is 41.9. The van der Waals surface area contributed by atoms with Crippen LogP contribution in [0.15, 0.2) is 47.1 Å². The molecule has 1 amide bonds. The molecule has 0 heterocycles. The van der Waals surface area contributed by atoms with Crippen LogP contribution in [-0.2, 0) is 9.59 Å². The van der Waals surface area contributed by atoms with Crippen molar-refractivity contribution in [2.75, 3.05) is 19.4 Å². The highest BCUT2D eigenvalue weighted by atomic mass is 16.4. The van der Waals surface area contributed by atoms with Crippen molar-refractivity contribution in [1.29, 1.82) is 0 Å². The van der Waals surface area contributed by atoms with Gasteiger partial charge in [-0.3, -0.25) is 19.3 Å². The van der Waals surface area contributed by atoms with Crippen LogP contribution in [0.4, 0.5) is 5.69 Å². The molecule has 46 heavy (non-hydrogen) atoms. The van der Waals surface area contributed by atoms with E-state index < -0.39 is 75.5 Å². The molecule has 2 unspecified atom stereocenters. The molecule has 0 aliphatic heterocycles. The summed E-state index contributed by atoms with van der Waals surface area (Å²) in [5, 5.41) is 60.3. The van der Waals surface area contributed by atoms with Crippen LogP contribution in [0.1, 0.15) is 99.9 Å². The van der Waals surface area contributed by atoms with E-state index in [-0.39, 0.29) is 29.3 Å². The molecule has 0 bridgehead atoms. The number of aromatic hydroxyl groups is 1. The van der Waals surface area contributed by atoms with Gasteiger partial charge in [-0.1, -0.05) is 77.9 Å². The minimum Gasteiger partial charge on any atom is -0.510 e. The van der Waals surface area contributed by atoms with Gasteiger partial charge in [-0.05, 0) is 38.1 Å². The molecule has 1 aromatic rings. The highest BCUT2D eigenvalue weighted by molar-refractivity contribution is 6.17. The molecule has 3 aliphatic carbocycles. The number of aliphatic hydroxyl groups is 4. The molecule has 4 rings (SSSR count). The van der Waals surface area contributed by atoms with Crippen LogP contribution >= 0.6 is 0 Å². The number of ketones is 2. The van der Waals surface area contributed by atoms with Crippen molar-refractivity contribution in [3.8, 4) is 5.75 Å².